The number of nitrogens with zero attached hydrogens (tertiary/aromatic N) is 4. The van der Waals surface area contributed by atoms with Crippen LogP contribution in [0.2, 0.25) is 0 Å². The molecule has 9 rings (SSSR count). The van der Waals surface area contributed by atoms with E-state index < -0.39 is 0 Å². The van der Waals surface area contributed by atoms with Crippen molar-refractivity contribution in [2.45, 2.75) is 66.2 Å². The monoisotopic (exact) mass is 902 g/mol. The Morgan fingerprint density at radius 3 is 2.05 bits per heavy atom. The van der Waals surface area contributed by atoms with Crippen LogP contribution in [0.25, 0.3) is 38.8 Å². The van der Waals surface area contributed by atoms with E-state index in [1.807, 2.05) is 48.7 Å². The van der Waals surface area contributed by atoms with Crippen molar-refractivity contribution in [3.05, 3.63) is 150 Å². The molecular formula is C48H43N4O2Pt-3. The number of benzene rings is 5. The zero-order valence-corrected chi connectivity index (χ0v) is 34.7. The van der Waals surface area contributed by atoms with Crippen molar-refractivity contribution in [3.8, 4) is 17.3 Å². The Morgan fingerprint density at radius 1 is 0.673 bits per heavy atom. The van der Waals surface area contributed by atoms with Gasteiger partial charge in [0.1, 0.15) is 17.0 Å². The number of anilines is 4. The Labute approximate surface area is 337 Å². The van der Waals surface area contributed by atoms with Crippen molar-refractivity contribution in [2.24, 2.45) is 0 Å². The van der Waals surface area contributed by atoms with Crippen LogP contribution in [-0.4, -0.2) is 9.55 Å². The van der Waals surface area contributed by atoms with E-state index in [-0.39, 0.29) is 31.9 Å². The summed E-state index contributed by atoms with van der Waals surface area (Å²) in [5.41, 5.74) is 12.6. The first kappa shape index (κ1) is 36.6. The standard InChI is InChI=1S/C48H43N4O2.Pt/c1-30-22-44(49-28-31(30)2)52-42-27-37(20-21-38(42)46-45(52)39-16-9-12-19-43(39)54-46)53-36-15-13-14-34(26-36)50-29-51(41-18-11-10-17-40(41)50)35-24-32(47(3,4)5)23-33(25-35)48(6,7)8;/h9-25,28-29H,1-8H3;/q-3;. The molecule has 0 aliphatic carbocycles. The molecule has 55 heavy (non-hydrogen) atoms. The van der Waals surface area contributed by atoms with E-state index in [0.29, 0.717) is 11.5 Å². The summed E-state index contributed by atoms with van der Waals surface area (Å²) in [5.74, 6) is 1.97. The summed E-state index contributed by atoms with van der Waals surface area (Å²) in [4.78, 5) is 9.33. The fourth-order valence-corrected chi connectivity index (χ4v) is 7.27. The van der Waals surface area contributed by atoms with Crippen molar-refractivity contribution in [2.75, 3.05) is 9.80 Å². The van der Waals surface area contributed by atoms with Crippen molar-refractivity contribution >= 4 is 55.7 Å². The number of rotatable bonds is 5. The minimum absolute atomic E-state index is 0. The summed E-state index contributed by atoms with van der Waals surface area (Å²) in [5, 5.41) is 1.97. The molecule has 1 aliphatic heterocycles. The predicted octanol–water partition coefficient (Wildman–Crippen LogP) is 12.9. The number of hydrogen-bond donors (Lipinski definition) is 0. The summed E-state index contributed by atoms with van der Waals surface area (Å²) in [6.45, 7) is 20.0. The number of aryl methyl sites for hydroxylation is 2. The van der Waals surface area contributed by atoms with Crippen molar-refractivity contribution < 1.29 is 30.2 Å². The summed E-state index contributed by atoms with van der Waals surface area (Å²) < 4.78 is 15.1. The van der Waals surface area contributed by atoms with E-state index in [1.54, 1.807) is 0 Å². The Kier molecular flexibility index (Phi) is 8.97. The zero-order valence-electron chi connectivity index (χ0n) is 32.4. The first-order chi connectivity index (χ1) is 25.8. The van der Waals surface area contributed by atoms with Gasteiger partial charge in [0.2, 0.25) is 0 Å². The van der Waals surface area contributed by atoms with E-state index >= 15 is 0 Å². The molecule has 8 aromatic rings. The summed E-state index contributed by atoms with van der Waals surface area (Å²) in [6.07, 6.45) is 1.92. The number of ether oxygens (including phenoxy) is 1. The van der Waals surface area contributed by atoms with Crippen LogP contribution in [-0.2, 0) is 31.9 Å². The molecule has 0 radical (unpaired) electrons. The van der Waals surface area contributed by atoms with E-state index in [0.717, 1.165) is 72.7 Å². The van der Waals surface area contributed by atoms with Gasteiger partial charge in [0.25, 0.3) is 0 Å². The minimum Gasteiger partial charge on any atom is -0.509 e. The van der Waals surface area contributed by atoms with E-state index in [9.17, 15) is 0 Å². The van der Waals surface area contributed by atoms with Gasteiger partial charge in [0.05, 0.1) is 5.52 Å². The Balaban J connectivity index is 0.00000427. The third-order valence-electron chi connectivity index (χ3n) is 10.5. The van der Waals surface area contributed by atoms with Crippen LogP contribution in [0.3, 0.4) is 0 Å². The van der Waals surface area contributed by atoms with Gasteiger partial charge in [0.15, 0.2) is 0 Å². The molecule has 6 nitrogen and oxygen atoms in total. The van der Waals surface area contributed by atoms with Crippen LogP contribution in [0, 0.1) is 32.6 Å². The molecule has 0 fully saturated rings. The number of hydrogen-bond acceptors (Lipinski definition) is 5. The minimum atomic E-state index is 0. The molecule has 0 N–H and O–H groups in total. The zero-order chi connectivity index (χ0) is 37.5. The number of aromatic nitrogens is 2. The van der Waals surface area contributed by atoms with Crippen LogP contribution in [0.5, 0.6) is 11.5 Å². The smallest absolute Gasteiger partial charge is 0.135 e. The van der Waals surface area contributed by atoms with Gasteiger partial charge in [-0.25, -0.2) is 4.98 Å². The van der Waals surface area contributed by atoms with Gasteiger partial charge in [-0.2, -0.15) is 12.1 Å². The van der Waals surface area contributed by atoms with Gasteiger partial charge in [-0.05, 0) is 89.4 Å². The first-order valence-corrected chi connectivity index (χ1v) is 18.5. The maximum atomic E-state index is 6.56. The molecule has 280 valence electrons. The molecule has 0 atom stereocenters. The van der Waals surface area contributed by atoms with Crippen LogP contribution in [0.15, 0.2) is 114 Å². The molecule has 0 amide bonds. The van der Waals surface area contributed by atoms with Crippen LogP contribution in [0.4, 0.5) is 22.7 Å². The summed E-state index contributed by atoms with van der Waals surface area (Å²) in [7, 11) is 0. The van der Waals surface area contributed by atoms with Gasteiger partial charge in [-0.3, -0.25) is 0 Å². The average molecular weight is 903 g/mol. The topological polar surface area (TPSA) is 46.7 Å². The van der Waals surface area contributed by atoms with Crippen LogP contribution in [0.1, 0.15) is 63.8 Å². The van der Waals surface area contributed by atoms with E-state index in [4.69, 9.17) is 14.1 Å². The molecule has 4 heterocycles. The number of furan rings is 1. The van der Waals surface area contributed by atoms with E-state index in [2.05, 4.69) is 149 Å². The third kappa shape index (κ3) is 6.41. The molecular weight excluding hydrogens is 860 g/mol. The second-order valence-corrected chi connectivity index (χ2v) is 16.4. The first-order valence-electron chi connectivity index (χ1n) is 18.5. The largest absolute Gasteiger partial charge is 0.509 e. The fraction of sp³-hybridized carbons (Fsp3) is 0.208. The molecule has 3 aromatic heterocycles. The van der Waals surface area contributed by atoms with Gasteiger partial charge in [-0.1, -0.05) is 82.8 Å². The predicted molar refractivity (Wildman–Crippen MR) is 221 cm³/mol. The van der Waals surface area contributed by atoms with Gasteiger partial charge in [-0.15, -0.1) is 42.7 Å². The molecule has 0 bridgehead atoms. The SMILES string of the molecule is Cc1cnc(-n2c3[c-]c(Oc4[c-]c(N5[CH-]N(c6cc(C(C)(C)C)cc(C(C)(C)C)c6)c6ccccc65)ccc4)ccc3c3oc4ccccc4c32)cc1C.[Pt]. The molecule has 0 spiro atoms. The summed E-state index contributed by atoms with van der Waals surface area (Å²) in [6, 6.07) is 42.9. The molecule has 0 saturated carbocycles. The third-order valence-corrected chi connectivity index (χ3v) is 10.5. The van der Waals surface area contributed by atoms with Gasteiger partial charge >= 0.3 is 0 Å². The number of pyridine rings is 1. The Morgan fingerprint density at radius 2 is 1.35 bits per heavy atom. The molecule has 0 saturated heterocycles. The van der Waals surface area contributed by atoms with Crippen molar-refractivity contribution in [1.29, 1.82) is 0 Å². The van der Waals surface area contributed by atoms with E-state index in [1.165, 1.54) is 11.1 Å². The maximum Gasteiger partial charge on any atom is 0.135 e. The number of fused-ring (bicyclic) bond motifs is 6. The van der Waals surface area contributed by atoms with Gasteiger partial charge < -0.3 is 23.5 Å². The molecule has 7 heteroatoms. The molecule has 1 aliphatic rings. The second kappa shape index (κ2) is 13.5. The molecule has 0 unspecified atom stereocenters. The quantitative estimate of drug-likeness (QED) is 0.161. The normalized spacial score (nSPS) is 13.2. The summed E-state index contributed by atoms with van der Waals surface area (Å²) >= 11 is 0. The molecule has 5 aromatic carbocycles. The average Bonchev–Trinajstić information content (AvgIpc) is 3.81. The van der Waals surface area contributed by atoms with Gasteiger partial charge in [0, 0.05) is 61.2 Å². The van der Waals surface area contributed by atoms with Crippen LogP contribution < -0.4 is 14.5 Å². The van der Waals surface area contributed by atoms with Crippen LogP contribution >= 0.6 is 0 Å². The number of para-hydroxylation sites is 3. The van der Waals surface area contributed by atoms with Crippen molar-refractivity contribution in [3.63, 3.8) is 0 Å². The Bertz CT molecular complexity index is 2710. The fourth-order valence-electron chi connectivity index (χ4n) is 7.27. The Hall–Kier alpha value is -5.32. The van der Waals surface area contributed by atoms with Crippen molar-refractivity contribution in [1.82, 2.24) is 9.55 Å². The second-order valence-electron chi connectivity index (χ2n) is 16.4. The maximum absolute atomic E-state index is 6.56.